The molecule has 0 aromatic carbocycles. The molecule has 1 saturated heterocycles. The van der Waals surface area contributed by atoms with Crippen LogP contribution >= 0.6 is 11.8 Å². The van der Waals surface area contributed by atoms with Crippen LogP contribution in [0.2, 0.25) is 0 Å². The van der Waals surface area contributed by atoms with Crippen LogP contribution in [-0.4, -0.2) is 55.7 Å². The number of likely N-dealkylation sites (tertiary alicyclic amines) is 1. The molecule has 7 nitrogen and oxygen atoms in total. The summed E-state index contributed by atoms with van der Waals surface area (Å²) in [6.07, 6.45) is 10.7. The molecule has 0 bridgehead atoms. The predicted molar refractivity (Wildman–Crippen MR) is 121 cm³/mol. The minimum absolute atomic E-state index is 0.258. The normalized spacial score (nSPS) is 20.1. The lowest BCUT2D eigenvalue weighted by molar-refractivity contribution is 0.232. The summed E-state index contributed by atoms with van der Waals surface area (Å²) in [5.41, 5.74) is 2.90. The van der Waals surface area contributed by atoms with Gasteiger partial charge < -0.3 is 9.42 Å². The zero-order chi connectivity index (χ0) is 21.3. The number of likely N-dealkylation sites (N-methyl/N-ethyl adjacent to an activating group) is 1. The fourth-order valence-corrected chi connectivity index (χ4v) is 5.27. The van der Waals surface area contributed by atoms with Gasteiger partial charge in [-0.25, -0.2) is 14.6 Å². The molecule has 4 heterocycles. The van der Waals surface area contributed by atoms with E-state index in [0.29, 0.717) is 11.9 Å². The van der Waals surface area contributed by atoms with E-state index >= 15 is 0 Å². The van der Waals surface area contributed by atoms with Crippen LogP contribution in [-0.2, 0) is 12.8 Å². The van der Waals surface area contributed by atoms with Crippen LogP contribution in [0.15, 0.2) is 15.7 Å². The van der Waals surface area contributed by atoms with Gasteiger partial charge in [0, 0.05) is 18.0 Å². The Bertz CT molecular complexity index is 1010. The summed E-state index contributed by atoms with van der Waals surface area (Å²) in [4.78, 5) is 12.2. The Labute approximate surface area is 182 Å². The van der Waals surface area contributed by atoms with E-state index in [1.165, 1.54) is 24.8 Å². The van der Waals surface area contributed by atoms with E-state index in [9.17, 15) is 0 Å². The van der Waals surface area contributed by atoms with E-state index in [2.05, 4.69) is 35.0 Å². The summed E-state index contributed by atoms with van der Waals surface area (Å²) in [7, 11) is 2.20. The molecule has 3 aromatic rings. The first-order valence-electron chi connectivity index (χ1n) is 11.1. The minimum atomic E-state index is 0.258. The summed E-state index contributed by atoms with van der Waals surface area (Å²) in [6, 6.07) is 0.743. The molecule has 2 unspecified atom stereocenters. The Morgan fingerprint density at radius 3 is 2.70 bits per heavy atom. The molecule has 0 saturated carbocycles. The molecule has 1 aliphatic heterocycles. The van der Waals surface area contributed by atoms with Gasteiger partial charge >= 0.3 is 0 Å². The van der Waals surface area contributed by atoms with Crippen LogP contribution in [0.25, 0.3) is 22.6 Å². The number of hydrogen-bond acceptors (Lipinski definition) is 7. The smallest absolute Gasteiger partial charge is 0.185 e. The maximum atomic E-state index is 5.62. The minimum Gasteiger partial charge on any atom is -0.360 e. The molecule has 0 spiro atoms. The average Bonchev–Trinajstić information content (AvgIpc) is 3.51. The fourth-order valence-electron chi connectivity index (χ4n) is 4.73. The van der Waals surface area contributed by atoms with Crippen LogP contribution in [0.1, 0.15) is 63.8 Å². The van der Waals surface area contributed by atoms with Gasteiger partial charge in [0.25, 0.3) is 0 Å². The molecule has 1 fully saturated rings. The van der Waals surface area contributed by atoms with Crippen molar-refractivity contribution in [2.24, 2.45) is 0 Å². The van der Waals surface area contributed by atoms with E-state index in [4.69, 9.17) is 19.6 Å². The first-order chi connectivity index (χ1) is 14.7. The number of hydrogen-bond donors (Lipinski definition) is 0. The number of aryl methyl sites for hydroxylation is 1. The number of thioether (sulfide) groups is 1. The highest BCUT2D eigenvalue weighted by Gasteiger charge is 2.30. The first kappa shape index (κ1) is 21.3. The van der Waals surface area contributed by atoms with Gasteiger partial charge in [0.1, 0.15) is 10.8 Å². The summed E-state index contributed by atoms with van der Waals surface area (Å²) in [6.45, 7) is 7.40. The van der Waals surface area contributed by atoms with Gasteiger partial charge in [0.2, 0.25) is 0 Å². The topological polar surface area (TPSA) is 72.9 Å². The monoisotopic (exact) mass is 428 g/mol. The molecule has 162 valence electrons. The third-order valence-electron chi connectivity index (χ3n) is 6.29. The van der Waals surface area contributed by atoms with Crippen molar-refractivity contribution in [3.8, 4) is 11.5 Å². The van der Waals surface area contributed by atoms with E-state index in [-0.39, 0.29) is 6.04 Å². The van der Waals surface area contributed by atoms with Gasteiger partial charge in [0.05, 0.1) is 17.6 Å². The van der Waals surface area contributed by atoms with Crippen LogP contribution in [0, 0.1) is 0 Å². The van der Waals surface area contributed by atoms with Gasteiger partial charge in [-0.05, 0) is 58.9 Å². The predicted octanol–water partition coefficient (Wildman–Crippen LogP) is 4.76. The van der Waals surface area contributed by atoms with Gasteiger partial charge in [-0.15, -0.1) is 11.8 Å². The lowest BCUT2D eigenvalue weighted by Gasteiger charge is -2.26. The highest BCUT2D eigenvalue weighted by atomic mass is 32.2. The molecule has 3 aromatic heterocycles. The van der Waals surface area contributed by atoms with Crippen LogP contribution in [0.3, 0.4) is 0 Å². The number of aromatic nitrogens is 5. The molecular weight excluding hydrogens is 396 g/mol. The average molecular weight is 429 g/mol. The molecule has 0 amide bonds. The molecule has 0 N–H and O–H groups in total. The summed E-state index contributed by atoms with van der Waals surface area (Å²) < 4.78 is 7.70. The Kier molecular flexibility index (Phi) is 6.43. The molecule has 1 aliphatic carbocycles. The van der Waals surface area contributed by atoms with Crippen LogP contribution in [0.5, 0.6) is 0 Å². The largest absolute Gasteiger partial charge is 0.360 e. The van der Waals surface area contributed by atoms with Gasteiger partial charge in [0.15, 0.2) is 17.2 Å². The van der Waals surface area contributed by atoms with Crippen molar-refractivity contribution < 1.29 is 4.52 Å². The van der Waals surface area contributed by atoms with Crippen molar-refractivity contribution in [1.29, 1.82) is 0 Å². The highest BCUT2D eigenvalue weighted by Crippen LogP contribution is 2.34. The lowest BCUT2D eigenvalue weighted by Crippen LogP contribution is -2.33. The maximum absolute atomic E-state index is 5.62. The SMILES string of the molecule is CC.CSc1nc(-c2noc3c2CCCC3)nc2c1cnn2C(C)C1CCCN1C. The Balaban J connectivity index is 0.00000106. The second-order valence-electron chi connectivity index (χ2n) is 7.95. The third-order valence-corrected chi connectivity index (χ3v) is 6.99. The number of fused-ring (bicyclic) bond motifs is 2. The lowest BCUT2D eigenvalue weighted by atomic mass is 9.96. The summed E-state index contributed by atoms with van der Waals surface area (Å²) >= 11 is 1.63. The summed E-state index contributed by atoms with van der Waals surface area (Å²) in [5.74, 6) is 1.67. The van der Waals surface area contributed by atoms with E-state index in [1.54, 1.807) is 11.8 Å². The van der Waals surface area contributed by atoms with Crippen molar-refractivity contribution in [2.45, 2.75) is 76.4 Å². The van der Waals surface area contributed by atoms with Gasteiger partial charge in [-0.1, -0.05) is 19.0 Å². The van der Waals surface area contributed by atoms with E-state index in [0.717, 1.165) is 53.3 Å². The fraction of sp³-hybridized carbons (Fsp3) is 0.636. The van der Waals surface area contributed by atoms with Gasteiger partial charge in [-0.3, -0.25) is 0 Å². The second kappa shape index (κ2) is 9.06. The highest BCUT2D eigenvalue weighted by molar-refractivity contribution is 7.98. The molecule has 2 atom stereocenters. The zero-order valence-corrected chi connectivity index (χ0v) is 19.5. The molecule has 30 heavy (non-hydrogen) atoms. The molecule has 0 radical (unpaired) electrons. The van der Waals surface area contributed by atoms with E-state index in [1.807, 2.05) is 20.0 Å². The molecular formula is C22H32N6OS. The summed E-state index contributed by atoms with van der Waals surface area (Å²) in [5, 5.41) is 11.0. The second-order valence-corrected chi connectivity index (χ2v) is 8.75. The number of nitrogens with zero attached hydrogens (tertiary/aromatic N) is 6. The molecule has 8 heteroatoms. The zero-order valence-electron chi connectivity index (χ0n) is 18.7. The quantitative estimate of drug-likeness (QED) is 0.438. The van der Waals surface area contributed by atoms with Crippen molar-refractivity contribution >= 4 is 22.8 Å². The number of rotatable bonds is 4. The van der Waals surface area contributed by atoms with Crippen molar-refractivity contribution in [1.82, 2.24) is 29.8 Å². The van der Waals surface area contributed by atoms with Crippen molar-refractivity contribution in [3.05, 3.63) is 17.5 Å². The standard InChI is InChI=1S/C20H26N6OS.C2H6/c1-12(15-8-6-10-25(15)2)26-19-14(11-21-26)20(28-3)23-18(22-19)17-13-7-4-5-9-16(13)27-24-17;1-2/h11-12,15H,4-10H2,1-3H3;1-2H3. The van der Waals surface area contributed by atoms with Crippen LogP contribution < -0.4 is 0 Å². The first-order valence-corrected chi connectivity index (χ1v) is 12.4. The van der Waals surface area contributed by atoms with Crippen molar-refractivity contribution in [2.75, 3.05) is 19.8 Å². The third kappa shape index (κ3) is 3.64. The Morgan fingerprint density at radius 2 is 1.97 bits per heavy atom. The Hall–Kier alpha value is -1.93. The van der Waals surface area contributed by atoms with Crippen molar-refractivity contribution in [3.63, 3.8) is 0 Å². The molecule has 2 aliphatic rings. The molecule has 5 rings (SSSR count). The van der Waals surface area contributed by atoms with Crippen LogP contribution in [0.4, 0.5) is 0 Å². The Morgan fingerprint density at radius 1 is 1.17 bits per heavy atom. The van der Waals surface area contributed by atoms with E-state index < -0.39 is 0 Å². The van der Waals surface area contributed by atoms with Gasteiger partial charge in [-0.2, -0.15) is 5.10 Å². The maximum Gasteiger partial charge on any atom is 0.185 e.